The SMILES string of the molecule is NC1CCCCCC1Cc1ccncc1. The largest absolute Gasteiger partial charge is 0.327 e. The Bertz CT molecular complexity index is 284. The third-order valence-corrected chi connectivity index (χ3v) is 3.47. The van der Waals surface area contributed by atoms with Gasteiger partial charge in [-0.1, -0.05) is 19.3 Å². The van der Waals surface area contributed by atoms with Crippen LogP contribution in [0.3, 0.4) is 0 Å². The maximum absolute atomic E-state index is 6.21. The lowest BCUT2D eigenvalue weighted by atomic mass is 9.89. The molecule has 2 rings (SSSR count). The Labute approximate surface area is 91.9 Å². The number of hydrogen-bond acceptors (Lipinski definition) is 2. The van der Waals surface area contributed by atoms with Crippen molar-refractivity contribution in [3.8, 4) is 0 Å². The first kappa shape index (κ1) is 10.6. The highest BCUT2D eigenvalue weighted by atomic mass is 14.7. The summed E-state index contributed by atoms with van der Waals surface area (Å²) in [6.45, 7) is 0. The van der Waals surface area contributed by atoms with Gasteiger partial charge in [0, 0.05) is 18.4 Å². The van der Waals surface area contributed by atoms with Crippen molar-refractivity contribution in [3.05, 3.63) is 30.1 Å². The predicted molar refractivity (Wildman–Crippen MR) is 62.5 cm³/mol. The van der Waals surface area contributed by atoms with E-state index in [4.69, 9.17) is 5.73 Å². The summed E-state index contributed by atoms with van der Waals surface area (Å²) in [6.07, 6.45) is 11.4. The average Bonchev–Trinajstić information content (AvgIpc) is 2.46. The number of aromatic nitrogens is 1. The molecule has 1 fully saturated rings. The summed E-state index contributed by atoms with van der Waals surface area (Å²) in [4.78, 5) is 4.04. The van der Waals surface area contributed by atoms with Crippen LogP contribution in [0.4, 0.5) is 0 Å². The lowest BCUT2D eigenvalue weighted by Crippen LogP contribution is -2.30. The molecule has 0 radical (unpaired) electrons. The molecule has 0 saturated heterocycles. The van der Waals surface area contributed by atoms with E-state index in [-0.39, 0.29) is 0 Å². The highest BCUT2D eigenvalue weighted by molar-refractivity contribution is 5.11. The smallest absolute Gasteiger partial charge is 0.0270 e. The van der Waals surface area contributed by atoms with Crippen LogP contribution in [0.15, 0.2) is 24.5 Å². The molecule has 1 aromatic heterocycles. The van der Waals surface area contributed by atoms with Crippen LogP contribution in [0, 0.1) is 5.92 Å². The first-order chi connectivity index (χ1) is 7.36. The minimum atomic E-state index is 0.403. The lowest BCUT2D eigenvalue weighted by Gasteiger charge is -2.21. The monoisotopic (exact) mass is 204 g/mol. The van der Waals surface area contributed by atoms with Gasteiger partial charge in [-0.15, -0.1) is 0 Å². The number of nitrogens with zero attached hydrogens (tertiary/aromatic N) is 1. The van der Waals surface area contributed by atoms with Crippen molar-refractivity contribution >= 4 is 0 Å². The highest BCUT2D eigenvalue weighted by Crippen LogP contribution is 2.25. The fourth-order valence-corrected chi connectivity index (χ4v) is 2.49. The highest BCUT2D eigenvalue weighted by Gasteiger charge is 2.20. The fraction of sp³-hybridized carbons (Fsp3) is 0.615. The van der Waals surface area contributed by atoms with Gasteiger partial charge in [0.1, 0.15) is 0 Å². The first-order valence-electron chi connectivity index (χ1n) is 6.01. The second kappa shape index (κ2) is 5.26. The van der Waals surface area contributed by atoms with Crippen LogP contribution in [0.25, 0.3) is 0 Å². The molecule has 2 unspecified atom stereocenters. The van der Waals surface area contributed by atoms with E-state index >= 15 is 0 Å². The molecule has 2 heteroatoms. The fourth-order valence-electron chi connectivity index (χ4n) is 2.49. The average molecular weight is 204 g/mol. The minimum Gasteiger partial charge on any atom is -0.327 e. The van der Waals surface area contributed by atoms with Crippen molar-refractivity contribution in [2.24, 2.45) is 11.7 Å². The Balaban J connectivity index is 1.97. The molecule has 2 nitrogen and oxygen atoms in total. The molecule has 0 aliphatic heterocycles. The van der Waals surface area contributed by atoms with E-state index in [9.17, 15) is 0 Å². The molecule has 1 saturated carbocycles. The molecular formula is C13H20N2. The van der Waals surface area contributed by atoms with Gasteiger partial charge in [-0.05, 0) is 42.9 Å². The van der Waals surface area contributed by atoms with Gasteiger partial charge in [-0.25, -0.2) is 0 Å². The minimum absolute atomic E-state index is 0.403. The van der Waals surface area contributed by atoms with Gasteiger partial charge < -0.3 is 5.73 Å². The second-order valence-electron chi connectivity index (χ2n) is 4.62. The van der Waals surface area contributed by atoms with Gasteiger partial charge in [0.05, 0.1) is 0 Å². The van der Waals surface area contributed by atoms with Crippen molar-refractivity contribution in [2.45, 2.75) is 44.6 Å². The third-order valence-electron chi connectivity index (χ3n) is 3.47. The molecule has 1 aliphatic rings. The molecular weight excluding hydrogens is 184 g/mol. The Hall–Kier alpha value is -0.890. The molecule has 15 heavy (non-hydrogen) atoms. The van der Waals surface area contributed by atoms with Gasteiger partial charge in [-0.3, -0.25) is 4.98 Å². The Morgan fingerprint density at radius 2 is 1.87 bits per heavy atom. The second-order valence-corrected chi connectivity index (χ2v) is 4.62. The summed E-state index contributed by atoms with van der Waals surface area (Å²) >= 11 is 0. The summed E-state index contributed by atoms with van der Waals surface area (Å²) in [5.74, 6) is 0.676. The normalized spacial score (nSPS) is 27.3. The van der Waals surface area contributed by atoms with Crippen molar-refractivity contribution < 1.29 is 0 Å². The standard InChI is InChI=1S/C13H20N2/c14-13-5-3-1-2-4-12(13)10-11-6-8-15-9-7-11/h6-9,12-13H,1-5,10,14H2. The third kappa shape index (κ3) is 3.03. The molecule has 0 spiro atoms. The quantitative estimate of drug-likeness (QED) is 0.752. The van der Waals surface area contributed by atoms with Gasteiger partial charge in [0.25, 0.3) is 0 Å². The maximum Gasteiger partial charge on any atom is 0.0270 e. The lowest BCUT2D eigenvalue weighted by molar-refractivity contribution is 0.395. The molecule has 0 aromatic carbocycles. The van der Waals surface area contributed by atoms with Crippen LogP contribution in [-0.4, -0.2) is 11.0 Å². The topological polar surface area (TPSA) is 38.9 Å². The number of hydrogen-bond donors (Lipinski definition) is 1. The van der Waals surface area contributed by atoms with E-state index in [1.165, 1.54) is 37.7 Å². The van der Waals surface area contributed by atoms with Crippen LogP contribution in [0.1, 0.15) is 37.7 Å². The molecule has 1 aromatic rings. The van der Waals surface area contributed by atoms with E-state index in [1.54, 1.807) is 0 Å². The number of rotatable bonds is 2. The van der Waals surface area contributed by atoms with Crippen molar-refractivity contribution in [2.75, 3.05) is 0 Å². The van der Waals surface area contributed by atoms with Gasteiger partial charge in [-0.2, -0.15) is 0 Å². The molecule has 1 aliphatic carbocycles. The molecule has 0 amide bonds. The Morgan fingerprint density at radius 1 is 1.13 bits per heavy atom. The van der Waals surface area contributed by atoms with Crippen molar-refractivity contribution in [1.29, 1.82) is 0 Å². The zero-order valence-electron chi connectivity index (χ0n) is 9.23. The van der Waals surface area contributed by atoms with E-state index in [2.05, 4.69) is 17.1 Å². The number of pyridine rings is 1. The summed E-state index contributed by atoms with van der Waals surface area (Å²) < 4.78 is 0. The van der Waals surface area contributed by atoms with Crippen molar-refractivity contribution in [1.82, 2.24) is 4.98 Å². The maximum atomic E-state index is 6.21. The summed E-state index contributed by atoms with van der Waals surface area (Å²) in [5.41, 5.74) is 7.59. The van der Waals surface area contributed by atoms with E-state index < -0.39 is 0 Å². The predicted octanol–water partition coefficient (Wildman–Crippen LogP) is 2.53. The van der Waals surface area contributed by atoms with Gasteiger partial charge >= 0.3 is 0 Å². The Morgan fingerprint density at radius 3 is 2.67 bits per heavy atom. The van der Waals surface area contributed by atoms with Gasteiger partial charge in [0.2, 0.25) is 0 Å². The van der Waals surface area contributed by atoms with E-state index in [1.807, 2.05) is 12.4 Å². The zero-order valence-corrected chi connectivity index (χ0v) is 9.23. The molecule has 82 valence electrons. The van der Waals surface area contributed by atoms with Crippen LogP contribution < -0.4 is 5.73 Å². The van der Waals surface area contributed by atoms with E-state index in [0.29, 0.717) is 12.0 Å². The molecule has 0 bridgehead atoms. The molecule has 2 atom stereocenters. The molecule has 2 N–H and O–H groups in total. The zero-order chi connectivity index (χ0) is 10.5. The first-order valence-corrected chi connectivity index (χ1v) is 6.01. The summed E-state index contributed by atoms with van der Waals surface area (Å²) in [7, 11) is 0. The van der Waals surface area contributed by atoms with Crippen LogP contribution >= 0.6 is 0 Å². The van der Waals surface area contributed by atoms with Crippen molar-refractivity contribution in [3.63, 3.8) is 0 Å². The summed E-state index contributed by atoms with van der Waals surface area (Å²) in [6, 6.07) is 4.62. The van der Waals surface area contributed by atoms with Crippen LogP contribution in [0.5, 0.6) is 0 Å². The Kier molecular flexibility index (Phi) is 3.73. The molecule has 1 heterocycles. The van der Waals surface area contributed by atoms with Gasteiger partial charge in [0.15, 0.2) is 0 Å². The van der Waals surface area contributed by atoms with Crippen LogP contribution in [0.2, 0.25) is 0 Å². The number of nitrogens with two attached hydrogens (primary N) is 1. The van der Waals surface area contributed by atoms with Crippen LogP contribution in [-0.2, 0) is 6.42 Å². The van der Waals surface area contributed by atoms with E-state index in [0.717, 1.165) is 6.42 Å². The summed E-state index contributed by atoms with van der Waals surface area (Å²) in [5, 5.41) is 0.